The van der Waals surface area contributed by atoms with E-state index in [0.717, 1.165) is 5.56 Å². The predicted molar refractivity (Wildman–Crippen MR) is 55.4 cm³/mol. The minimum absolute atomic E-state index is 0.194. The quantitative estimate of drug-likeness (QED) is 0.789. The lowest BCUT2D eigenvalue weighted by Gasteiger charge is -2.18. The third kappa shape index (κ3) is 1.99. The van der Waals surface area contributed by atoms with E-state index in [2.05, 4.69) is 9.88 Å². The Labute approximate surface area is 88.6 Å². The van der Waals surface area contributed by atoms with Crippen LogP contribution in [0, 0.1) is 5.92 Å². The third-order valence-electron chi connectivity index (χ3n) is 2.97. The molecule has 0 radical (unpaired) electrons. The van der Waals surface area contributed by atoms with Gasteiger partial charge in [-0.2, -0.15) is 0 Å². The molecule has 0 spiro atoms. The highest BCUT2D eigenvalue weighted by molar-refractivity contribution is 5.70. The maximum absolute atomic E-state index is 10.9. The second-order valence-electron chi connectivity index (χ2n) is 4.01. The molecule has 0 aliphatic carbocycles. The van der Waals surface area contributed by atoms with E-state index in [0.29, 0.717) is 13.0 Å². The fourth-order valence-electron chi connectivity index (χ4n) is 2.14. The third-order valence-corrected chi connectivity index (χ3v) is 2.97. The highest BCUT2D eigenvalue weighted by Gasteiger charge is 2.34. The number of likely N-dealkylation sites (tertiary alicyclic amines) is 1. The topological polar surface area (TPSA) is 53.4 Å². The van der Waals surface area contributed by atoms with Crippen molar-refractivity contribution < 1.29 is 9.90 Å². The molecular formula is C11H14N2O2. The van der Waals surface area contributed by atoms with Crippen molar-refractivity contribution in [2.45, 2.75) is 12.5 Å². The Morgan fingerprint density at radius 3 is 3.00 bits per heavy atom. The SMILES string of the molecule is CN1C[C@@H](C(=O)O)C[C@H]1c1cccnc1. The van der Waals surface area contributed by atoms with Crippen LogP contribution < -0.4 is 0 Å². The summed E-state index contributed by atoms with van der Waals surface area (Å²) in [5.41, 5.74) is 1.10. The van der Waals surface area contributed by atoms with Crippen LogP contribution in [0.15, 0.2) is 24.5 Å². The lowest BCUT2D eigenvalue weighted by atomic mass is 10.0. The van der Waals surface area contributed by atoms with E-state index in [1.165, 1.54) is 0 Å². The zero-order valence-electron chi connectivity index (χ0n) is 8.63. The van der Waals surface area contributed by atoms with E-state index in [4.69, 9.17) is 5.11 Å². The first kappa shape index (κ1) is 10.1. The molecule has 2 rings (SSSR count). The van der Waals surface area contributed by atoms with Gasteiger partial charge in [0.05, 0.1) is 5.92 Å². The highest BCUT2D eigenvalue weighted by atomic mass is 16.4. The van der Waals surface area contributed by atoms with Crippen LogP contribution in [0.1, 0.15) is 18.0 Å². The van der Waals surface area contributed by atoms with Crippen LogP contribution in [0.2, 0.25) is 0 Å². The second-order valence-corrected chi connectivity index (χ2v) is 4.01. The number of carboxylic acid groups (broad SMARTS) is 1. The molecule has 0 aromatic carbocycles. The number of aromatic nitrogens is 1. The Morgan fingerprint density at radius 1 is 1.67 bits per heavy atom. The van der Waals surface area contributed by atoms with Gasteiger partial charge in [0.1, 0.15) is 0 Å². The number of carboxylic acids is 1. The predicted octanol–water partition coefficient (Wildman–Crippen LogP) is 1.16. The van der Waals surface area contributed by atoms with Gasteiger partial charge in [0.15, 0.2) is 0 Å². The number of hydrogen-bond acceptors (Lipinski definition) is 3. The van der Waals surface area contributed by atoms with E-state index < -0.39 is 5.97 Å². The van der Waals surface area contributed by atoms with Crippen molar-refractivity contribution >= 4 is 5.97 Å². The molecule has 80 valence electrons. The van der Waals surface area contributed by atoms with Crippen LogP contribution in [0.25, 0.3) is 0 Å². The van der Waals surface area contributed by atoms with Crippen LogP contribution in [0.3, 0.4) is 0 Å². The normalized spacial score (nSPS) is 26.7. The van der Waals surface area contributed by atoms with Crippen molar-refractivity contribution in [3.8, 4) is 0 Å². The Hall–Kier alpha value is -1.42. The fourth-order valence-corrected chi connectivity index (χ4v) is 2.14. The van der Waals surface area contributed by atoms with Gasteiger partial charge in [0.25, 0.3) is 0 Å². The van der Waals surface area contributed by atoms with E-state index in [-0.39, 0.29) is 12.0 Å². The highest BCUT2D eigenvalue weighted by Crippen LogP contribution is 2.33. The Bertz CT molecular complexity index is 353. The minimum Gasteiger partial charge on any atom is -0.481 e. The summed E-state index contributed by atoms with van der Waals surface area (Å²) >= 11 is 0. The van der Waals surface area contributed by atoms with Crippen molar-refractivity contribution in [2.24, 2.45) is 5.92 Å². The maximum atomic E-state index is 10.9. The number of rotatable bonds is 2. The molecule has 2 atom stereocenters. The molecule has 1 aromatic rings. The molecule has 4 heteroatoms. The van der Waals surface area contributed by atoms with Crippen molar-refractivity contribution in [2.75, 3.05) is 13.6 Å². The molecule has 1 saturated heterocycles. The summed E-state index contributed by atoms with van der Waals surface area (Å²) in [7, 11) is 1.96. The largest absolute Gasteiger partial charge is 0.481 e. The molecule has 1 aromatic heterocycles. The number of pyridine rings is 1. The first-order valence-electron chi connectivity index (χ1n) is 5.01. The Kier molecular flexibility index (Phi) is 2.68. The van der Waals surface area contributed by atoms with E-state index >= 15 is 0 Å². The van der Waals surface area contributed by atoms with Crippen molar-refractivity contribution in [3.05, 3.63) is 30.1 Å². The van der Waals surface area contributed by atoms with Crippen LogP contribution in [-0.2, 0) is 4.79 Å². The summed E-state index contributed by atoms with van der Waals surface area (Å²) in [5, 5.41) is 8.95. The molecule has 1 fully saturated rings. The van der Waals surface area contributed by atoms with Crippen LogP contribution in [0.4, 0.5) is 0 Å². The molecule has 15 heavy (non-hydrogen) atoms. The average molecular weight is 206 g/mol. The number of aliphatic carboxylic acids is 1. The van der Waals surface area contributed by atoms with Crippen LogP contribution in [-0.4, -0.2) is 34.6 Å². The van der Waals surface area contributed by atoms with Gasteiger partial charge in [0.2, 0.25) is 0 Å². The van der Waals surface area contributed by atoms with Crippen LogP contribution in [0.5, 0.6) is 0 Å². The summed E-state index contributed by atoms with van der Waals surface area (Å²) in [4.78, 5) is 17.0. The van der Waals surface area contributed by atoms with Crippen molar-refractivity contribution in [3.63, 3.8) is 0 Å². The van der Waals surface area contributed by atoms with Crippen molar-refractivity contribution in [1.82, 2.24) is 9.88 Å². The lowest BCUT2D eigenvalue weighted by Crippen LogP contribution is -2.20. The molecule has 1 N–H and O–H groups in total. The molecular weight excluding hydrogens is 192 g/mol. The van der Waals surface area contributed by atoms with Gasteiger partial charge in [0, 0.05) is 25.0 Å². The summed E-state index contributed by atoms with van der Waals surface area (Å²) in [6.45, 7) is 0.620. The maximum Gasteiger partial charge on any atom is 0.307 e. The lowest BCUT2D eigenvalue weighted by molar-refractivity contribution is -0.141. The van der Waals surface area contributed by atoms with Gasteiger partial charge in [-0.15, -0.1) is 0 Å². The van der Waals surface area contributed by atoms with Gasteiger partial charge in [-0.25, -0.2) is 0 Å². The summed E-state index contributed by atoms with van der Waals surface area (Å²) < 4.78 is 0. The molecule has 1 aliphatic heterocycles. The minimum atomic E-state index is -0.701. The van der Waals surface area contributed by atoms with Crippen LogP contribution >= 0.6 is 0 Å². The monoisotopic (exact) mass is 206 g/mol. The molecule has 1 aliphatic rings. The average Bonchev–Trinajstić information content (AvgIpc) is 2.62. The number of nitrogens with zero attached hydrogens (tertiary/aromatic N) is 2. The Balaban J connectivity index is 2.15. The van der Waals surface area contributed by atoms with Gasteiger partial charge in [-0.1, -0.05) is 6.07 Å². The van der Waals surface area contributed by atoms with E-state index in [1.807, 2.05) is 25.4 Å². The molecule has 2 heterocycles. The standard InChI is InChI=1S/C11H14N2O2/c1-13-7-9(11(14)15)5-10(13)8-3-2-4-12-6-8/h2-4,6,9-10H,5,7H2,1H3,(H,14,15)/t9-,10-/m0/s1. The van der Waals surface area contributed by atoms with E-state index in [1.54, 1.807) is 6.20 Å². The van der Waals surface area contributed by atoms with Gasteiger partial charge >= 0.3 is 5.97 Å². The Morgan fingerprint density at radius 2 is 2.47 bits per heavy atom. The van der Waals surface area contributed by atoms with E-state index in [9.17, 15) is 4.79 Å². The summed E-state index contributed by atoms with van der Waals surface area (Å²) in [6.07, 6.45) is 4.22. The number of hydrogen-bond donors (Lipinski definition) is 1. The molecule has 0 unspecified atom stereocenters. The molecule has 0 amide bonds. The molecule has 4 nitrogen and oxygen atoms in total. The zero-order valence-corrected chi connectivity index (χ0v) is 8.63. The van der Waals surface area contributed by atoms with Gasteiger partial charge in [-0.3, -0.25) is 14.7 Å². The van der Waals surface area contributed by atoms with Gasteiger partial charge < -0.3 is 5.11 Å². The number of carbonyl (C=O) groups is 1. The zero-order chi connectivity index (χ0) is 10.8. The first-order chi connectivity index (χ1) is 7.18. The summed E-state index contributed by atoms with van der Waals surface area (Å²) in [5.74, 6) is -0.951. The smallest absolute Gasteiger partial charge is 0.307 e. The summed E-state index contributed by atoms with van der Waals surface area (Å²) in [6, 6.07) is 4.08. The second kappa shape index (κ2) is 3.98. The molecule has 0 bridgehead atoms. The van der Waals surface area contributed by atoms with Crippen molar-refractivity contribution in [1.29, 1.82) is 0 Å². The first-order valence-corrected chi connectivity index (χ1v) is 5.01. The molecule has 0 saturated carbocycles. The fraction of sp³-hybridized carbons (Fsp3) is 0.455. The van der Waals surface area contributed by atoms with Gasteiger partial charge in [-0.05, 0) is 25.1 Å².